The highest BCUT2D eigenvalue weighted by Crippen LogP contribution is 2.30. The quantitative estimate of drug-likeness (QED) is 0.640. The molecule has 2 heterocycles. The molecule has 30 heavy (non-hydrogen) atoms. The highest BCUT2D eigenvalue weighted by atomic mass is 16.5. The SMILES string of the molecule is CCCOc1ccc(CNCc2c(C(C)C)nn(C)c2N2CCOCC2)cc1OC. The van der Waals surface area contributed by atoms with E-state index in [0.29, 0.717) is 12.5 Å². The van der Waals surface area contributed by atoms with Gasteiger partial charge in [-0.25, -0.2) is 0 Å². The molecule has 0 spiro atoms. The van der Waals surface area contributed by atoms with Crippen molar-refractivity contribution in [2.75, 3.05) is 44.9 Å². The molecule has 0 bridgehead atoms. The topological polar surface area (TPSA) is 60.8 Å². The van der Waals surface area contributed by atoms with E-state index >= 15 is 0 Å². The van der Waals surface area contributed by atoms with Crippen molar-refractivity contribution in [3.63, 3.8) is 0 Å². The molecule has 1 saturated heterocycles. The third-order valence-corrected chi connectivity index (χ3v) is 5.32. The summed E-state index contributed by atoms with van der Waals surface area (Å²) in [6.45, 7) is 12.0. The van der Waals surface area contributed by atoms with Crippen LogP contribution in [0.1, 0.15) is 49.9 Å². The molecular weight excluding hydrogens is 380 g/mol. The molecule has 166 valence electrons. The number of aromatic nitrogens is 2. The number of hydrogen-bond donors (Lipinski definition) is 1. The smallest absolute Gasteiger partial charge is 0.161 e. The van der Waals surface area contributed by atoms with Gasteiger partial charge >= 0.3 is 0 Å². The van der Waals surface area contributed by atoms with Gasteiger partial charge in [0.1, 0.15) is 5.82 Å². The van der Waals surface area contributed by atoms with E-state index in [1.54, 1.807) is 7.11 Å². The average Bonchev–Trinajstić information content (AvgIpc) is 3.09. The fourth-order valence-electron chi connectivity index (χ4n) is 3.87. The standard InChI is InChI=1S/C23H36N4O3/c1-6-11-30-20-8-7-18(14-21(20)28-5)15-24-16-19-22(17(2)3)25-26(4)23(19)27-9-12-29-13-10-27/h7-8,14,17,24H,6,9-13,15-16H2,1-5H3. The predicted octanol–water partition coefficient (Wildman–Crippen LogP) is 3.47. The van der Waals surface area contributed by atoms with Crippen LogP contribution < -0.4 is 19.7 Å². The summed E-state index contributed by atoms with van der Waals surface area (Å²) in [7, 11) is 3.73. The summed E-state index contributed by atoms with van der Waals surface area (Å²) in [5.41, 5.74) is 3.61. The fraction of sp³-hybridized carbons (Fsp3) is 0.609. The molecule has 0 aliphatic carbocycles. The largest absolute Gasteiger partial charge is 0.493 e. The van der Waals surface area contributed by atoms with Gasteiger partial charge in [0, 0.05) is 38.8 Å². The Balaban J connectivity index is 1.72. The van der Waals surface area contributed by atoms with E-state index < -0.39 is 0 Å². The fourth-order valence-corrected chi connectivity index (χ4v) is 3.87. The normalized spacial score (nSPS) is 14.4. The van der Waals surface area contributed by atoms with Crippen LogP contribution in [0.4, 0.5) is 5.82 Å². The van der Waals surface area contributed by atoms with Gasteiger partial charge in [-0.2, -0.15) is 5.10 Å². The average molecular weight is 417 g/mol. The van der Waals surface area contributed by atoms with E-state index in [4.69, 9.17) is 19.3 Å². The molecule has 3 rings (SSSR count). The first-order valence-corrected chi connectivity index (χ1v) is 10.9. The lowest BCUT2D eigenvalue weighted by atomic mass is 10.0. The van der Waals surface area contributed by atoms with Gasteiger partial charge in [-0.15, -0.1) is 0 Å². The zero-order valence-corrected chi connectivity index (χ0v) is 19.0. The van der Waals surface area contributed by atoms with Gasteiger partial charge in [-0.3, -0.25) is 4.68 Å². The van der Waals surface area contributed by atoms with Gasteiger partial charge in [-0.05, 0) is 30.0 Å². The number of nitrogens with zero attached hydrogens (tertiary/aromatic N) is 3. The summed E-state index contributed by atoms with van der Waals surface area (Å²) in [5, 5.41) is 8.45. The number of methoxy groups -OCH3 is 1. The zero-order valence-electron chi connectivity index (χ0n) is 19.0. The minimum atomic E-state index is 0.373. The van der Waals surface area contributed by atoms with E-state index in [1.807, 2.05) is 23.9 Å². The lowest BCUT2D eigenvalue weighted by Gasteiger charge is -2.29. The van der Waals surface area contributed by atoms with E-state index in [2.05, 4.69) is 37.1 Å². The lowest BCUT2D eigenvalue weighted by molar-refractivity contribution is 0.122. The second-order valence-electron chi connectivity index (χ2n) is 8.00. The summed E-state index contributed by atoms with van der Waals surface area (Å²) < 4.78 is 18.8. The van der Waals surface area contributed by atoms with Gasteiger partial charge in [-0.1, -0.05) is 26.8 Å². The molecule has 0 amide bonds. The first kappa shape index (κ1) is 22.4. The molecule has 1 aromatic carbocycles. The number of nitrogens with one attached hydrogen (secondary N) is 1. The third kappa shape index (κ3) is 5.26. The number of morpholine rings is 1. The van der Waals surface area contributed by atoms with Crippen molar-refractivity contribution in [2.45, 2.75) is 46.2 Å². The van der Waals surface area contributed by atoms with Crippen molar-refractivity contribution in [1.29, 1.82) is 0 Å². The number of benzene rings is 1. The number of anilines is 1. The molecule has 0 radical (unpaired) electrons. The number of rotatable bonds is 10. The van der Waals surface area contributed by atoms with Crippen LogP contribution in [0.15, 0.2) is 18.2 Å². The van der Waals surface area contributed by atoms with Gasteiger partial charge in [0.05, 0.1) is 32.6 Å². The van der Waals surface area contributed by atoms with Crippen LogP contribution in [-0.4, -0.2) is 49.8 Å². The van der Waals surface area contributed by atoms with Crippen LogP contribution in [-0.2, 0) is 24.9 Å². The summed E-state index contributed by atoms with van der Waals surface area (Å²) in [5.74, 6) is 3.15. The summed E-state index contributed by atoms with van der Waals surface area (Å²) in [6, 6.07) is 6.14. The van der Waals surface area contributed by atoms with E-state index in [-0.39, 0.29) is 0 Å². The van der Waals surface area contributed by atoms with Crippen molar-refractivity contribution < 1.29 is 14.2 Å². The Morgan fingerprint density at radius 2 is 1.93 bits per heavy atom. The molecule has 1 N–H and O–H groups in total. The van der Waals surface area contributed by atoms with Gasteiger partial charge < -0.3 is 24.4 Å². The molecule has 0 atom stereocenters. The van der Waals surface area contributed by atoms with Crippen LogP contribution in [0, 0.1) is 0 Å². The molecule has 1 fully saturated rings. The molecule has 0 unspecified atom stereocenters. The third-order valence-electron chi connectivity index (χ3n) is 5.32. The first-order valence-electron chi connectivity index (χ1n) is 10.9. The maximum Gasteiger partial charge on any atom is 0.161 e. The molecule has 0 saturated carbocycles. The molecule has 7 heteroatoms. The van der Waals surface area contributed by atoms with E-state index in [9.17, 15) is 0 Å². The van der Waals surface area contributed by atoms with Crippen LogP contribution in [0.25, 0.3) is 0 Å². The van der Waals surface area contributed by atoms with E-state index in [0.717, 1.165) is 63.0 Å². The minimum absolute atomic E-state index is 0.373. The molecule has 7 nitrogen and oxygen atoms in total. The van der Waals surface area contributed by atoms with E-state index in [1.165, 1.54) is 16.9 Å². The minimum Gasteiger partial charge on any atom is -0.493 e. The maximum atomic E-state index is 5.76. The van der Waals surface area contributed by atoms with Gasteiger partial charge in [0.15, 0.2) is 11.5 Å². The van der Waals surface area contributed by atoms with Crippen molar-refractivity contribution >= 4 is 5.82 Å². The van der Waals surface area contributed by atoms with Crippen molar-refractivity contribution in [2.24, 2.45) is 7.05 Å². The highest BCUT2D eigenvalue weighted by molar-refractivity contribution is 5.51. The summed E-state index contributed by atoms with van der Waals surface area (Å²) in [6.07, 6.45) is 0.973. The van der Waals surface area contributed by atoms with Crippen molar-refractivity contribution in [1.82, 2.24) is 15.1 Å². The van der Waals surface area contributed by atoms with Crippen molar-refractivity contribution in [3.8, 4) is 11.5 Å². The second-order valence-corrected chi connectivity index (χ2v) is 8.00. The Bertz CT molecular complexity index is 813. The summed E-state index contributed by atoms with van der Waals surface area (Å²) in [4.78, 5) is 2.39. The van der Waals surface area contributed by atoms with Gasteiger partial charge in [0.2, 0.25) is 0 Å². The van der Waals surface area contributed by atoms with Gasteiger partial charge in [0.25, 0.3) is 0 Å². The number of hydrogen-bond acceptors (Lipinski definition) is 6. The molecule has 2 aromatic rings. The molecule has 1 aliphatic heterocycles. The lowest BCUT2D eigenvalue weighted by Crippen LogP contribution is -2.38. The first-order chi connectivity index (χ1) is 14.5. The van der Waals surface area contributed by atoms with Crippen molar-refractivity contribution in [3.05, 3.63) is 35.0 Å². The van der Waals surface area contributed by atoms with Crippen LogP contribution in [0.2, 0.25) is 0 Å². The molecule has 1 aromatic heterocycles. The van der Waals surface area contributed by atoms with Crippen LogP contribution in [0.3, 0.4) is 0 Å². The maximum absolute atomic E-state index is 5.76. The Labute approximate surface area is 180 Å². The Morgan fingerprint density at radius 1 is 1.17 bits per heavy atom. The Kier molecular flexibility index (Phi) is 7.99. The Morgan fingerprint density at radius 3 is 2.60 bits per heavy atom. The van der Waals surface area contributed by atoms with Crippen LogP contribution in [0.5, 0.6) is 11.5 Å². The predicted molar refractivity (Wildman–Crippen MR) is 120 cm³/mol. The molecule has 1 aliphatic rings. The van der Waals surface area contributed by atoms with Crippen LogP contribution >= 0.6 is 0 Å². The number of aryl methyl sites for hydroxylation is 1. The monoisotopic (exact) mass is 416 g/mol. The Hall–Kier alpha value is -2.25. The zero-order chi connectivity index (χ0) is 21.5. The molecular formula is C23H36N4O3. The number of ether oxygens (including phenoxy) is 3. The highest BCUT2D eigenvalue weighted by Gasteiger charge is 2.24. The second kappa shape index (κ2) is 10.7. The summed E-state index contributed by atoms with van der Waals surface area (Å²) >= 11 is 0.